The Balaban J connectivity index is 1.33. The minimum absolute atomic E-state index is 0.987. The molecule has 1 aliphatic rings. The number of para-hydroxylation sites is 2. The van der Waals surface area contributed by atoms with Gasteiger partial charge in [-0.15, -0.1) is 0 Å². The Morgan fingerprint density at radius 2 is 1.29 bits per heavy atom. The molecule has 0 saturated heterocycles. The highest BCUT2D eigenvalue weighted by atomic mass is 15.1. The van der Waals surface area contributed by atoms with E-state index in [1.54, 1.807) is 0 Å². The van der Waals surface area contributed by atoms with E-state index in [4.69, 9.17) is 4.98 Å². The second-order valence-corrected chi connectivity index (χ2v) is 11.0. The zero-order valence-corrected chi connectivity index (χ0v) is 23.4. The van der Waals surface area contributed by atoms with Crippen LogP contribution in [0.25, 0.3) is 71.9 Å². The fourth-order valence-electron chi connectivity index (χ4n) is 6.41. The zero-order valence-electron chi connectivity index (χ0n) is 23.4. The third-order valence-corrected chi connectivity index (χ3v) is 8.37. The normalized spacial score (nSPS) is 13.0. The molecule has 2 nitrogen and oxygen atoms in total. The Hall–Kier alpha value is -5.39. The molecule has 1 aliphatic carbocycles. The zero-order chi connectivity index (χ0) is 28.0. The monoisotopic (exact) mass is 536 g/mol. The molecule has 1 aromatic heterocycles. The number of nitrogens with zero attached hydrogens (tertiary/aromatic N) is 2. The van der Waals surface area contributed by atoms with Crippen LogP contribution in [-0.2, 0) is 0 Å². The van der Waals surface area contributed by atoms with Crippen molar-refractivity contribution in [1.82, 2.24) is 9.55 Å². The first kappa shape index (κ1) is 24.4. The molecule has 0 spiro atoms. The maximum atomic E-state index is 5.10. The van der Waals surface area contributed by atoms with E-state index < -0.39 is 0 Å². The van der Waals surface area contributed by atoms with Crippen LogP contribution in [0.15, 0.2) is 127 Å². The molecule has 8 rings (SSSR count). The number of fused-ring (bicyclic) bond motifs is 3. The van der Waals surface area contributed by atoms with Crippen molar-refractivity contribution in [3.8, 4) is 33.6 Å². The molecule has 42 heavy (non-hydrogen) atoms. The van der Waals surface area contributed by atoms with Gasteiger partial charge in [0.2, 0.25) is 0 Å². The number of imidazole rings is 1. The molecule has 6 aromatic carbocycles. The lowest BCUT2D eigenvalue weighted by Gasteiger charge is -2.17. The third kappa shape index (κ3) is 3.94. The van der Waals surface area contributed by atoms with E-state index >= 15 is 0 Å². The first-order valence-electron chi connectivity index (χ1n) is 14.5. The Labute approximate surface area is 245 Å². The Morgan fingerprint density at radius 1 is 0.643 bits per heavy atom. The summed E-state index contributed by atoms with van der Waals surface area (Å²) in [5, 5.41) is 4.92. The molecule has 0 bridgehead atoms. The van der Waals surface area contributed by atoms with Gasteiger partial charge in [-0.2, -0.15) is 0 Å². The number of aromatic nitrogens is 2. The summed E-state index contributed by atoms with van der Waals surface area (Å²) in [5.74, 6) is 0.987. The number of allylic oxidation sites excluding steroid dienone is 4. The van der Waals surface area contributed by atoms with E-state index in [9.17, 15) is 0 Å². The van der Waals surface area contributed by atoms with E-state index in [-0.39, 0.29) is 0 Å². The first-order valence-corrected chi connectivity index (χ1v) is 14.5. The molecular weight excluding hydrogens is 508 g/mol. The minimum atomic E-state index is 0.987. The van der Waals surface area contributed by atoms with Crippen molar-refractivity contribution in [3.63, 3.8) is 0 Å². The molecule has 0 fully saturated rings. The van der Waals surface area contributed by atoms with E-state index in [1.165, 1.54) is 43.9 Å². The Kier molecular flexibility index (Phi) is 5.76. The summed E-state index contributed by atoms with van der Waals surface area (Å²) in [5.41, 5.74) is 10.4. The van der Waals surface area contributed by atoms with Crippen LogP contribution >= 0.6 is 0 Å². The van der Waals surface area contributed by atoms with Crippen molar-refractivity contribution in [2.75, 3.05) is 0 Å². The molecule has 198 valence electrons. The van der Waals surface area contributed by atoms with Gasteiger partial charge >= 0.3 is 0 Å². The third-order valence-electron chi connectivity index (χ3n) is 8.37. The van der Waals surface area contributed by atoms with Crippen molar-refractivity contribution >= 4 is 38.3 Å². The number of benzene rings is 5. The van der Waals surface area contributed by atoms with Gasteiger partial charge < -0.3 is 0 Å². The Bertz CT molecular complexity index is 2120. The molecule has 7 aromatic rings. The maximum Gasteiger partial charge on any atom is 0.145 e. The van der Waals surface area contributed by atoms with E-state index in [2.05, 4.69) is 151 Å². The van der Waals surface area contributed by atoms with Crippen molar-refractivity contribution < 1.29 is 0 Å². The van der Waals surface area contributed by atoms with Crippen molar-refractivity contribution in [2.24, 2.45) is 0 Å². The van der Waals surface area contributed by atoms with Crippen LogP contribution in [0.2, 0.25) is 0 Å². The van der Waals surface area contributed by atoms with E-state index in [0.29, 0.717) is 0 Å². The fourth-order valence-corrected chi connectivity index (χ4v) is 6.41. The van der Waals surface area contributed by atoms with Crippen LogP contribution in [0, 0.1) is 19.1 Å². The van der Waals surface area contributed by atoms with Crippen molar-refractivity contribution in [1.29, 1.82) is 0 Å². The molecular formula is C40H28N2. The van der Waals surface area contributed by atoms with Gasteiger partial charge in [-0.05, 0) is 88.3 Å². The predicted octanol–water partition coefficient (Wildman–Crippen LogP) is 10.4. The van der Waals surface area contributed by atoms with Gasteiger partial charge in [0.05, 0.1) is 11.0 Å². The van der Waals surface area contributed by atoms with Crippen molar-refractivity contribution in [3.05, 3.63) is 145 Å². The highest BCUT2D eigenvalue weighted by Gasteiger charge is 2.19. The average molecular weight is 537 g/mol. The SMILES string of the molecule is Cc1c#cc(-c2c3ccccc3c(-c3ccc(-c4nc5ccccc5n4C4=CC=CCC4)cc3)c3ccccc23)cc1. The summed E-state index contributed by atoms with van der Waals surface area (Å²) in [6.07, 6.45) is 8.66. The van der Waals surface area contributed by atoms with E-state index in [0.717, 1.165) is 46.4 Å². The highest BCUT2D eigenvalue weighted by Crippen LogP contribution is 2.43. The largest absolute Gasteiger partial charge is 0.296 e. The van der Waals surface area contributed by atoms with Crippen LogP contribution in [0.3, 0.4) is 0 Å². The quantitative estimate of drug-likeness (QED) is 0.205. The minimum Gasteiger partial charge on any atom is -0.296 e. The molecule has 1 heterocycles. The van der Waals surface area contributed by atoms with Gasteiger partial charge in [0, 0.05) is 22.4 Å². The standard InChI is InChI=1S/C40H28N2/c1-27-19-21-28(22-20-27)38-32-13-5-7-15-34(32)39(35-16-8-6-14-33(35)38)29-23-25-30(26-24-29)40-41-36-17-9-10-18-37(36)42(40)31-11-3-2-4-12-31/h2-3,5-11,13-19,21,23-26H,4,12H2,1H3. The lowest BCUT2D eigenvalue weighted by atomic mass is 9.86. The molecule has 2 heteroatoms. The van der Waals surface area contributed by atoms with Crippen LogP contribution in [0.4, 0.5) is 0 Å². The number of rotatable bonds is 4. The van der Waals surface area contributed by atoms with Gasteiger partial charge in [0.25, 0.3) is 0 Å². The topological polar surface area (TPSA) is 17.8 Å². The van der Waals surface area contributed by atoms with Gasteiger partial charge in [-0.1, -0.05) is 109 Å². The van der Waals surface area contributed by atoms with Crippen LogP contribution < -0.4 is 0 Å². The molecule has 0 atom stereocenters. The van der Waals surface area contributed by atoms with Gasteiger partial charge in [-0.3, -0.25) is 4.57 Å². The second-order valence-electron chi connectivity index (χ2n) is 11.0. The van der Waals surface area contributed by atoms with Crippen molar-refractivity contribution in [2.45, 2.75) is 19.8 Å². The average Bonchev–Trinajstić information content (AvgIpc) is 3.44. The molecule has 0 N–H and O–H groups in total. The number of aryl methyl sites for hydroxylation is 1. The second kappa shape index (κ2) is 9.91. The summed E-state index contributed by atoms with van der Waals surface area (Å²) in [4.78, 5) is 5.10. The van der Waals surface area contributed by atoms with E-state index in [1.807, 2.05) is 0 Å². The number of hydrogen-bond donors (Lipinski definition) is 0. The Morgan fingerprint density at radius 3 is 1.93 bits per heavy atom. The van der Waals surface area contributed by atoms with Gasteiger partial charge in [0.15, 0.2) is 0 Å². The lowest BCUT2D eigenvalue weighted by molar-refractivity contribution is 0.960. The lowest BCUT2D eigenvalue weighted by Crippen LogP contribution is -2.01. The number of hydrogen-bond acceptors (Lipinski definition) is 1. The summed E-state index contributed by atoms with van der Waals surface area (Å²) in [6, 6.07) is 45.9. The van der Waals surface area contributed by atoms with Gasteiger partial charge in [0.1, 0.15) is 5.82 Å². The molecule has 0 saturated carbocycles. The molecule has 0 radical (unpaired) electrons. The molecule has 0 aliphatic heterocycles. The highest BCUT2D eigenvalue weighted by molar-refractivity contribution is 6.21. The van der Waals surface area contributed by atoms with Crippen LogP contribution in [-0.4, -0.2) is 9.55 Å². The molecule has 0 amide bonds. The fraction of sp³-hybridized carbons (Fsp3) is 0.0750. The van der Waals surface area contributed by atoms with Gasteiger partial charge in [-0.25, -0.2) is 4.98 Å². The molecule has 0 unspecified atom stereocenters. The van der Waals surface area contributed by atoms with Crippen LogP contribution in [0.1, 0.15) is 18.4 Å². The summed E-state index contributed by atoms with van der Waals surface area (Å²) in [6.45, 7) is 2.06. The summed E-state index contributed by atoms with van der Waals surface area (Å²) in [7, 11) is 0. The summed E-state index contributed by atoms with van der Waals surface area (Å²) >= 11 is 0. The van der Waals surface area contributed by atoms with Crippen LogP contribution in [0.5, 0.6) is 0 Å². The maximum absolute atomic E-state index is 5.10. The summed E-state index contributed by atoms with van der Waals surface area (Å²) < 4.78 is 2.34. The predicted molar refractivity (Wildman–Crippen MR) is 176 cm³/mol. The first-order chi connectivity index (χ1) is 20.8. The smallest absolute Gasteiger partial charge is 0.145 e.